The maximum absolute atomic E-state index is 13.3. The molecular weight excluding hydrogens is 336 g/mol. The minimum Gasteiger partial charge on any atom is -0.320 e. The second kappa shape index (κ2) is 6.08. The van der Waals surface area contributed by atoms with Crippen LogP contribution in [-0.4, -0.2) is 5.91 Å². The predicted octanol–water partition coefficient (Wildman–Crippen LogP) is 4.44. The third-order valence-corrected chi connectivity index (χ3v) is 3.77. The first-order valence-corrected chi connectivity index (χ1v) is 6.85. The highest BCUT2D eigenvalue weighted by Gasteiger charge is 2.06. The summed E-state index contributed by atoms with van der Waals surface area (Å²) in [5.41, 5.74) is -0.179. The summed E-state index contributed by atoms with van der Waals surface area (Å²) in [6.07, 6.45) is 2.87. The van der Waals surface area contributed by atoms with Gasteiger partial charge in [0.25, 0.3) is 0 Å². The van der Waals surface area contributed by atoms with Crippen LogP contribution in [0.25, 0.3) is 6.08 Å². The first-order valence-electron chi connectivity index (χ1n) is 5.24. The highest BCUT2D eigenvalue weighted by Crippen LogP contribution is 2.23. The van der Waals surface area contributed by atoms with Gasteiger partial charge in [0.2, 0.25) is 5.91 Å². The molecule has 0 unspecified atom stereocenters. The van der Waals surface area contributed by atoms with Crippen molar-refractivity contribution in [3.05, 3.63) is 56.7 Å². The molecule has 98 valence electrons. The van der Waals surface area contributed by atoms with Crippen LogP contribution >= 0.6 is 27.3 Å². The molecule has 1 N–H and O–H groups in total. The first kappa shape index (κ1) is 13.9. The molecule has 0 fully saturated rings. The second-order valence-electron chi connectivity index (χ2n) is 3.59. The topological polar surface area (TPSA) is 29.1 Å². The van der Waals surface area contributed by atoms with Gasteiger partial charge in [-0.3, -0.25) is 4.79 Å². The van der Waals surface area contributed by atoms with Gasteiger partial charge in [-0.2, -0.15) is 0 Å². The Morgan fingerprint density at radius 2 is 2.05 bits per heavy atom. The molecule has 0 spiro atoms. The first-order chi connectivity index (χ1) is 9.04. The molecule has 0 aliphatic carbocycles. The van der Waals surface area contributed by atoms with E-state index in [0.717, 1.165) is 26.9 Å². The fraction of sp³-hybridized carbons (Fsp3) is 0. The smallest absolute Gasteiger partial charge is 0.248 e. The summed E-state index contributed by atoms with van der Waals surface area (Å²) >= 11 is 4.76. The maximum Gasteiger partial charge on any atom is 0.248 e. The quantitative estimate of drug-likeness (QED) is 0.820. The lowest BCUT2D eigenvalue weighted by Crippen LogP contribution is -2.09. The van der Waals surface area contributed by atoms with E-state index in [1.54, 1.807) is 6.08 Å². The SMILES string of the molecule is O=C(/C=C/c1ccc(Br)s1)Nc1cc(F)ccc1F. The Bertz CT molecular complexity index is 639. The number of anilines is 1. The summed E-state index contributed by atoms with van der Waals surface area (Å²) in [6.45, 7) is 0. The predicted molar refractivity (Wildman–Crippen MR) is 76.0 cm³/mol. The monoisotopic (exact) mass is 343 g/mol. The van der Waals surface area contributed by atoms with Crippen molar-refractivity contribution in [2.45, 2.75) is 0 Å². The molecule has 0 saturated carbocycles. The molecule has 1 aromatic heterocycles. The summed E-state index contributed by atoms with van der Waals surface area (Å²) in [4.78, 5) is 12.4. The molecule has 0 atom stereocenters. The average molecular weight is 344 g/mol. The van der Waals surface area contributed by atoms with Gasteiger partial charge in [-0.15, -0.1) is 11.3 Å². The Labute approximate surface area is 120 Å². The maximum atomic E-state index is 13.3. The van der Waals surface area contributed by atoms with Crippen molar-refractivity contribution in [3.63, 3.8) is 0 Å². The lowest BCUT2D eigenvalue weighted by molar-refractivity contribution is -0.111. The number of halogens is 3. The molecule has 2 rings (SSSR count). The minimum atomic E-state index is -0.679. The standard InChI is InChI=1S/C13H8BrF2NOS/c14-12-5-2-9(19-12)3-6-13(18)17-11-7-8(15)1-4-10(11)16/h1-7H,(H,17,18)/b6-3+. The van der Waals surface area contributed by atoms with E-state index in [9.17, 15) is 13.6 Å². The number of carbonyl (C=O) groups excluding carboxylic acids is 1. The van der Waals surface area contributed by atoms with Crippen LogP contribution in [0.15, 0.2) is 40.2 Å². The van der Waals surface area contributed by atoms with Crippen LogP contribution in [0.5, 0.6) is 0 Å². The number of carbonyl (C=O) groups is 1. The molecule has 1 heterocycles. The molecule has 1 aromatic carbocycles. The fourth-order valence-electron chi connectivity index (χ4n) is 1.34. The van der Waals surface area contributed by atoms with Crippen molar-refractivity contribution in [3.8, 4) is 0 Å². The third kappa shape index (κ3) is 3.97. The van der Waals surface area contributed by atoms with Crippen LogP contribution < -0.4 is 5.32 Å². The lowest BCUT2D eigenvalue weighted by Gasteiger charge is -2.03. The zero-order chi connectivity index (χ0) is 13.8. The van der Waals surface area contributed by atoms with Crippen LogP contribution in [0.2, 0.25) is 0 Å². The summed E-state index contributed by atoms with van der Waals surface area (Å²) in [6, 6.07) is 6.58. The Balaban J connectivity index is 2.05. The zero-order valence-corrected chi connectivity index (χ0v) is 11.9. The van der Waals surface area contributed by atoms with Crippen LogP contribution in [0, 0.1) is 11.6 Å². The van der Waals surface area contributed by atoms with E-state index in [1.807, 2.05) is 12.1 Å². The Morgan fingerprint density at radius 3 is 2.74 bits per heavy atom. The molecule has 2 nitrogen and oxygen atoms in total. The van der Waals surface area contributed by atoms with Gasteiger partial charge in [0.05, 0.1) is 9.47 Å². The van der Waals surface area contributed by atoms with Gasteiger partial charge in [0.15, 0.2) is 0 Å². The lowest BCUT2D eigenvalue weighted by atomic mass is 10.3. The van der Waals surface area contributed by atoms with Crippen LogP contribution in [0.1, 0.15) is 4.88 Å². The number of rotatable bonds is 3. The molecule has 2 aromatic rings. The average Bonchev–Trinajstić information content (AvgIpc) is 2.77. The summed E-state index contributed by atoms with van der Waals surface area (Å²) in [7, 11) is 0. The number of hydrogen-bond donors (Lipinski definition) is 1. The number of hydrogen-bond acceptors (Lipinski definition) is 2. The molecule has 0 saturated heterocycles. The van der Waals surface area contributed by atoms with Crippen molar-refractivity contribution >= 4 is 44.9 Å². The van der Waals surface area contributed by atoms with E-state index >= 15 is 0 Å². The van der Waals surface area contributed by atoms with E-state index in [1.165, 1.54) is 17.4 Å². The van der Waals surface area contributed by atoms with Crippen LogP contribution in [0.3, 0.4) is 0 Å². The van der Waals surface area contributed by atoms with E-state index < -0.39 is 17.5 Å². The van der Waals surface area contributed by atoms with Crippen molar-refractivity contribution in [2.24, 2.45) is 0 Å². The molecule has 0 aliphatic heterocycles. The van der Waals surface area contributed by atoms with Gasteiger partial charge in [-0.1, -0.05) is 0 Å². The van der Waals surface area contributed by atoms with Gasteiger partial charge in [0, 0.05) is 17.0 Å². The van der Waals surface area contributed by atoms with Gasteiger partial charge < -0.3 is 5.32 Å². The normalized spacial score (nSPS) is 10.9. The third-order valence-electron chi connectivity index (χ3n) is 2.18. The number of benzene rings is 1. The molecule has 0 bridgehead atoms. The number of amides is 1. The van der Waals surface area contributed by atoms with Crippen molar-refractivity contribution in [1.29, 1.82) is 0 Å². The molecule has 6 heteroatoms. The molecular formula is C13H8BrF2NOS. The van der Waals surface area contributed by atoms with Crippen molar-refractivity contribution < 1.29 is 13.6 Å². The fourth-order valence-corrected chi connectivity index (χ4v) is 2.67. The summed E-state index contributed by atoms with van der Waals surface area (Å²) in [5.74, 6) is -1.81. The largest absolute Gasteiger partial charge is 0.320 e. The van der Waals surface area contributed by atoms with Gasteiger partial charge in [-0.25, -0.2) is 8.78 Å². The molecule has 0 aliphatic rings. The van der Waals surface area contributed by atoms with E-state index in [4.69, 9.17) is 0 Å². The Morgan fingerprint density at radius 1 is 1.26 bits per heavy atom. The summed E-state index contributed by atoms with van der Waals surface area (Å²) in [5, 5.41) is 2.28. The van der Waals surface area contributed by atoms with Crippen LogP contribution in [-0.2, 0) is 4.79 Å². The molecule has 0 radical (unpaired) electrons. The Kier molecular flexibility index (Phi) is 4.44. The Hall–Kier alpha value is -1.53. The highest BCUT2D eigenvalue weighted by atomic mass is 79.9. The van der Waals surface area contributed by atoms with Crippen LogP contribution in [0.4, 0.5) is 14.5 Å². The van der Waals surface area contributed by atoms with E-state index in [2.05, 4.69) is 21.2 Å². The van der Waals surface area contributed by atoms with E-state index in [0.29, 0.717) is 0 Å². The highest BCUT2D eigenvalue weighted by molar-refractivity contribution is 9.11. The van der Waals surface area contributed by atoms with Crippen molar-refractivity contribution in [1.82, 2.24) is 0 Å². The summed E-state index contributed by atoms with van der Waals surface area (Å²) < 4.78 is 27.1. The van der Waals surface area contributed by atoms with Gasteiger partial charge >= 0.3 is 0 Å². The number of thiophene rings is 1. The van der Waals surface area contributed by atoms with Gasteiger partial charge in [0.1, 0.15) is 11.6 Å². The zero-order valence-electron chi connectivity index (χ0n) is 9.49. The number of nitrogens with one attached hydrogen (secondary N) is 1. The van der Waals surface area contributed by atoms with Crippen molar-refractivity contribution in [2.75, 3.05) is 5.32 Å². The van der Waals surface area contributed by atoms with Gasteiger partial charge in [-0.05, 0) is 46.3 Å². The van der Waals surface area contributed by atoms with E-state index in [-0.39, 0.29) is 5.69 Å². The molecule has 1 amide bonds. The molecule has 19 heavy (non-hydrogen) atoms. The second-order valence-corrected chi connectivity index (χ2v) is 6.08. The minimum absolute atomic E-state index is 0.179.